The first-order valence-electron chi connectivity index (χ1n) is 5.97. The van der Waals surface area contributed by atoms with Gasteiger partial charge in [0.1, 0.15) is 0 Å². The van der Waals surface area contributed by atoms with Gasteiger partial charge in [0.2, 0.25) is 5.91 Å². The number of nitrogens with one attached hydrogen (secondary N) is 2. The van der Waals surface area contributed by atoms with Crippen LogP contribution in [0.2, 0.25) is 0 Å². The number of rotatable bonds is 6. The van der Waals surface area contributed by atoms with Gasteiger partial charge < -0.3 is 16.4 Å². The summed E-state index contributed by atoms with van der Waals surface area (Å²) in [6, 6.07) is -0.146. The van der Waals surface area contributed by atoms with Gasteiger partial charge in [0.15, 0.2) is 0 Å². The van der Waals surface area contributed by atoms with Gasteiger partial charge in [-0.3, -0.25) is 4.79 Å². The number of urea groups is 1. The maximum absolute atomic E-state index is 11.2. The Kier molecular flexibility index (Phi) is 5.77. The highest BCUT2D eigenvalue weighted by molar-refractivity contribution is 7.84. The highest BCUT2D eigenvalue weighted by atomic mass is 32.1. The molecule has 4 N–H and O–H groups in total. The summed E-state index contributed by atoms with van der Waals surface area (Å²) in [5.41, 5.74) is 5.87. The highest BCUT2D eigenvalue weighted by Crippen LogP contribution is 2.21. The van der Waals surface area contributed by atoms with Gasteiger partial charge in [0.25, 0.3) is 0 Å². The van der Waals surface area contributed by atoms with Gasteiger partial charge in [-0.1, -0.05) is 19.1 Å². The Morgan fingerprint density at radius 2 is 2.22 bits per heavy atom. The van der Waals surface area contributed by atoms with Crippen LogP contribution in [-0.2, 0) is 4.79 Å². The predicted molar refractivity (Wildman–Crippen MR) is 73.9 cm³/mol. The number of amides is 3. The van der Waals surface area contributed by atoms with Crippen LogP contribution in [0.25, 0.3) is 0 Å². The average Bonchev–Trinajstić information content (AvgIpc) is 2.69. The van der Waals surface area contributed by atoms with E-state index in [0.717, 1.165) is 29.9 Å². The van der Waals surface area contributed by atoms with Gasteiger partial charge in [-0.15, -0.1) is 12.6 Å². The monoisotopic (exact) mass is 269 g/mol. The summed E-state index contributed by atoms with van der Waals surface area (Å²) in [5, 5.41) is 5.58. The van der Waals surface area contributed by atoms with Gasteiger partial charge in [-0.2, -0.15) is 0 Å². The zero-order chi connectivity index (χ0) is 13.5. The van der Waals surface area contributed by atoms with Crippen LogP contribution in [0.1, 0.15) is 32.6 Å². The van der Waals surface area contributed by atoms with E-state index >= 15 is 0 Å². The van der Waals surface area contributed by atoms with Crippen LogP contribution >= 0.6 is 12.6 Å². The average molecular weight is 269 g/mol. The molecule has 1 unspecified atom stereocenters. The molecule has 18 heavy (non-hydrogen) atoms. The van der Waals surface area contributed by atoms with Crippen LogP contribution in [0, 0.1) is 0 Å². The second kappa shape index (κ2) is 7.10. The maximum Gasteiger partial charge on any atom is 0.319 e. The van der Waals surface area contributed by atoms with Crippen LogP contribution in [0.3, 0.4) is 0 Å². The molecular weight excluding hydrogens is 250 g/mol. The topological polar surface area (TPSA) is 84.2 Å². The first kappa shape index (κ1) is 14.6. The van der Waals surface area contributed by atoms with Gasteiger partial charge >= 0.3 is 6.03 Å². The lowest BCUT2D eigenvalue weighted by Gasteiger charge is -2.10. The number of carbonyl (C=O) groups is 2. The quantitative estimate of drug-likeness (QED) is 0.434. The summed E-state index contributed by atoms with van der Waals surface area (Å²) in [6.45, 7) is 2.01. The number of thiol groups is 1. The van der Waals surface area contributed by atoms with Gasteiger partial charge in [-0.25, -0.2) is 4.79 Å². The van der Waals surface area contributed by atoms with E-state index in [-0.39, 0.29) is 24.4 Å². The van der Waals surface area contributed by atoms with Gasteiger partial charge in [-0.05, 0) is 19.3 Å². The van der Waals surface area contributed by atoms with E-state index in [4.69, 9.17) is 5.73 Å². The zero-order valence-electron chi connectivity index (χ0n) is 10.4. The van der Waals surface area contributed by atoms with Crippen molar-refractivity contribution in [1.29, 1.82) is 0 Å². The Morgan fingerprint density at radius 1 is 1.50 bits per heavy atom. The molecule has 0 aromatic rings. The van der Waals surface area contributed by atoms with Crippen molar-refractivity contribution in [3.05, 3.63) is 22.8 Å². The van der Waals surface area contributed by atoms with E-state index in [1.165, 1.54) is 0 Å². The Labute approximate surface area is 112 Å². The molecule has 0 aromatic heterocycles. The Hall–Kier alpha value is -1.43. The molecule has 100 valence electrons. The summed E-state index contributed by atoms with van der Waals surface area (Å²) in [4.78, 5) is 22.6. The van der Waals surface area contributed by atoms with E-state index < -0.39 is 0 Å². The second-order valence-electron chi connectivity index (χ2n) is 4.10. The summed E-state index contributed by atoms with van der Waals surface area (Å²) in [7, 11) is 0. The van der Waals surface area contributed by atoms with Crippen molar-refractivity contribution in [3.8, 4) is 0 Å². The number of nitrogens with two attached hydrogens (primary N) is 1. The van der Waals surface area contributed by atoms with Gasteiger partial charge in [0.05, 0.1) is 11.7 Å². The third-order valence-corrected chi connectivity index (χ3v) is 3.12. The number of primary amides is 1. The van der Waals surface area contributed by atoms with Crippen LogP contribution in [0.15, 0.2) is 22.8 Å². The van der Waals surface area contributed by atoms with E-state index in [1.807, 2.05) is 13.0 Å². The molecule has 3 amide bonds. The Balaban J connectivity index is 2.48. The molecule has 0 radical (unpaired) electrons. The minimum atomic E-state index is -0.339. The maximum atomic E-state index is 11.2. The summed E-state index contributed by atoms with van der Waals surface area (Å²) >= 11 is 4.42. The molecule has 1 aliphatic heterocycles. The van der Waals surface area contributed by atoms with Crippen LogP contribution < -0.4 is 16.4 Å². The third-order valence-electron chi connectivity index (χ3n) is 2.65. The Bertz CT molecular complexity index is 391. The molecule has 0 bridgehead atoms. The minimum Gasteiger partial charge on any atom is -0.369 e. The van der Waals surface area contributed by atoms with Crippen molar-refractivity contribution in [2.45, 2.75) is 38.6 Å². The second-order valence-corrected chi connectivity index (χ2v) is 4.64. The van der Waals surface area contributed by atoms with Crippen molar-refractivity contribution in [3.63, 3.8) is 0 Å². The zero-order valence-corrected chi connectivity index (χ0v) is 11.3. The molecule has 6 heteroatoms. The fourth-order valence-electron chi connectivity index (χ4n) is 1.73. The number of hydrogen-bond donors (Lipinski definition) is 4. The molecule has 0 aromatic carbocycles. The van der Waals surface area contributed by atoms with Crippen LogP contribution in [0.4, 0.5) is 4.79 Å². The molecule has 1 rings (SSSR count). The highest BCUT2D eigenvalue weighted by Gasteiger charge is 2.25. The standard InChI is InChI=1S/C12H19N3O2S/c1-2-8-11(15-12(17)14-8)9(18)6-4-3-5-7-10(13)16/h3,5,8,18H,2,4,6-7H2,1H3,(H2,13,16)(H2,14,15,17)/b5-3+,11-9+. The normalized spacial score (nSPS) is 21.9. The largest absolute Gasteiger partial charge is 0.369 e. The first-order valence-corrected chi connectivity index (χ1v) is 6.42. The molecule has 1 fully saturated rings. The molecule has 1 atom stereocenters. The van der Waals surface area contributed by atoms with E-state index in [1.54, 1.807) is 6.08 Å². The number of hydrogen-bond acceptors (Lipinski definition) is 3. The molecule has 5 nitrogen and oxygen atoms in total. The lowest BCUT2D eigenvalue weighted by atomic mass is 10.1. The molecule has 0 aliphatic carbocycles. The van der Waals surface area contributed by atoms with Crippen LogP contribution in [-0.4, -0.2) is 18.0 Å². The number of carbonyl (C=O) groups excluding carboxylic acids is 2. The van der Waals surface area contributed by atoms with Gasteiger partial charge in [0, 0.05) is 11.3 Å². The lowest BCUT2D eigenvalue weighted by Crippen LogP contribution is -2.25. The molecule has 0 spiro atoms. The van der Waals surface area contributed by atoms with Crippen LogP contribution in [0.5, 0.6) is 0 Å². The fourth-order valence-corrected chi connectivity index (χ4v) is 2.07. The third kappa shape index (κ3) is 4.44. The Morgan fingerprint density at radius 3 is 2.83 bits per heavy atom. The summed E-state index contributed by atoms with van der Waals surface area (Å²) in [6.07, 6.45) is 6.22. The fraction of sp³-hybridized carbons (Fsp3) is 0.500. The summed E-state index contributed by atoms with van der Waals surface area (Å²) < 4.78 is 0. The minimum absolute atomic E-state index is 0.0274. The van der Waals surface area contributed by atoms with Crippen molar-refractivity contribution in [2.24, 2.45) is 5.73 Å². The van der Waals surface area contributed by atoms with Crippen molar-refractivity contribution in [2.75, 3.05) is 0 Å². The van der Waals surface area contributed by atoms with Crippen molar-refractivity contribution in [1.82, 2.24) is 10.6 Å². The van der Waals surface area contributed by atoms with Crippen molar-refractivity contribution < 1.29 is 9.59 Å². The van der Waals surface area contributed by atoms with Crippen molar-refractivity contribution >= 4 is 24.6 Å². The summed E-state index contributed by atoms with van der Waals surface area (Å²) in [5.74, 6) is -0.339. The lowest BCUT2D eigenvalue weighted by molar-refractivity contribution is -0.117. The number of allylic oxidation sites excluding steroid dienone is 2. The SMILES string of the molecule is CCC1NC(=O)N/C1=C(/S)CC/C=C/CC(N)=O. The van der Waals surface area contributed by atoms with E-state index in [0.29, 0.717) is 0 Å². The smallest absolute Gasteiger partial charge is 0.319 e. The van der Waals surface area contributed by atoms with E-state index in [2.05, 4.69) is 23.3 Å². The predicted octanol–water partition coefficient (Wildman–Crippen LogP) is 1.43. The molecule has 1 saturated heterocycles. The molecule has 1 aliphatic rings. The first-order chi connectivity index (χ1) is 8.54. The molecule has 0 saturated carbocycles. The molecule has 1 heterocycles. The van der Waals surface area contributed by atoms with E-state index in [9.17, 15) is 9.59 Å². The molecular formula is C12H19N3O2S.